The minimum Gasteiger partial charge on any atom is -1.00 e. The Morgan fingerprint density at radius 3 is 2.21 bits per heavy atom. The molecule has 0 fully saturated rings. The van der Waals surface area contributed by atoms with Crippen molar-refractivity contribution >= 4 is 32.4 Å². The number of hydrogen-bond donors (Lipinski definition) is 0. The van der Waals surface area contributed by atoms with Gasteiger partial charge in [0, 0.05) is 5.39 Å². The maximum atomic E-state index is 5.48. The normalized spacial score (nSPS) is 10.8. The molecule has 0 aliphatic heterocycles. The summed E-state index contributed by atoms with van der Waals surface area (Å²) >= 11 is 0. The third-order valence-electron chi connectivity index (χ3n) is 4.43. The van der Waals surface area contributed by atoms with Gasteiger partial charge in [0.25, 0.3) is 0 Å². The van der Waals surface area contributed by atoms with Crippen LogP contribution < -0.4 is 26.4 Å². The Labute approximate surface area is 146 Å². The van der Waals surface area contributed by atoms with Crippen molar-refractivity contribution < 1.29 is 26.4 Å². The van der Waals surface area contributed by atoms with Crippen LogP contribution in [0.4, 0.5) is 0 Å². The van der Waals surface area contributed by atoms with Gasteiger partial charge in [-0.25, -0.2) is 0 Å². The highest BCUT2D eigenvalue weighted by Gasteiger charge is 2.16. The Hall–Kier alpha value is -2.52. The molecule has 0 saturated heterocycles. The summed E-state index contributed by atoms with van der Waals surface area (Å²) in [5.74, 6) is 1.50. The van der Waals surface area contributed by atoms with Crippen molar-refractivity contribution in [3.63, 3.8) is 0 Å². The van der Waals surface area contributed by atoms with Crippen LogP contribution in [0.1, 0.15) is 0 Å². The molecule has 0 spiro atoms. The van der Waals surface area contributed by atoms with Crippen LogP contribution in [0.2, 0.25) is 0 Å². The largest absolute Gasteiger partial charge is 1.00 e. The summed E-state index contributed by atoms with van der Waals surface area (Å²) in [7, 11) is 5.42. The van der Waals surface area contributed by atoms with Crippen molar-refractivity contribution in [1.82, 2.24) is 0 Å². The van der Waals surface area contributed by atoms with E-state index in [1.165, 1.54) is 27.1 Å². The van der Waals surface area contributed by atoms with E-state index in [9.17, 15) is 0 Å². The molecule has 0 radical (unpaired) electrons. The zero-order chi connectivity index (χ0) is 16.0. The smallest absolute Gasteiger partial charge is 0.220 e. The first-order valence-corrected chi connectivity index (χ1v) is 7.59. The lowest BCUT2D eigenvalue weighted by atomic mass is 10.0. The summed E-state index contributed by atoms with van der Waals surface area (Å²) in [6.07, 6.45) is 2.14. The Morgan fingerprint density at radius 1 is 0.750 bits per heavy atom. The van der Waals surface area contributed by atoms with Crippen LogP contribution >= 0.6 is 0 Å². The zero-order valence-corrected chi connectivity index (χ0v) is 14.6. The average Bonchev–Trinajstić information content (AvgIpc) is 2.60. The van der Waals surface area contributed by atoms with Crippen LogP contribution in [0.3, 0.4) is 0 Å². The van der Waals surface area contributed by atoms with Gasteiger partial charge in [-0.2, -0.15) is 4.57 Å². The van der Waals surface area contributed by atoms with E-state index in [1.54, 1.807) is 14.2 Å². The van der Waals surface area contributed by atoms with Gasteiger partial charge < -0.3 is 21.9 Å². The summed E-state index contributed by atoms with van der Waals surface area (Å²) in [5.41, 5.74) is 1.22. The van der Waals surface area contributed by atoms with Crippen molar-refractivity contribution in [3.8, 4) is 11.5 Å². The molecule has 0 unspecified atom stereocenters. The molecule has 1 aromatic heterocycles. The van der Waals surface area contributed by atoms with Crippen LogP contribution in [-0.2, 0) is 7.05 Å². The van der Waals surface area contributed by atoms with Crippen molar-refractivity contribution in [2.45, 2.75) is 0 Å². The lowest BCUT2D eigenvalue weighted by Gasteiger charge is -2.11. The Bertz CT molecular complexity index is 1060. The first-order valence-electron chi connectivity index (χ1n) is 7.59. The minimum absolute atomic E-state index is 0. The molecule has 0 amide bonds. The molecule has 0 aliphatic rings. The second-order valence-corrected chi connectivity index (χ2v) is 5.72. The predicted molar refractivity (Wildman–Crippen MR) is 93.2 cm³/mol. The van der Waals surface area contributed by atoms with Gasteiger partial charge in [0.1, 0.15) is 7.05 Å². The molecule has 3 nitrogen and oxygen atoms in total. The first-order chi connectivity index (χ1) is 11.2. The molecule has 4 rings (SSSR count). The van der Waals surface area contributed by atoms with Crippen LogP contribution in [0.25, 0.3) is 32.4 Å². The molecule has 1 heterocycles. The monoisotopic (exact) mass is 339 g/mol. The number of pyridine rings is 1. The van der Waals surface area contributed by atoms with Crippen LogP contribution in [0.15, 0.2) is 54.7 Å². The minimum atomic E-state index is 0. The molecule has 0 atom stereocenters. The summed E-state index contributed by atoms with van der Waals surface area (Å²) in [4.78, 5) is 0. The number of aromatic nitrogens is 1. The van der Waals surface area contributed by atoms with E-state index in [2.05, 4.69) is 60.3 Å². The second-order valence-electron chi connectivity index (χ2n) is 5.72. The van der Waals surface area contributed by atoms with Gasteiger partial charge in [-0.1, -0.05) is 24.3 Å². The molecule has 4 heteroatoms. The van der Waals surface area contributed by atoms with Crippen molar-refractivity contribution in [2.75, 3.05) is 14.2 Å². The van der Waals surface area contributed by atoms with Crippen molar-refractivity contribution in [1.29, 1.82) is 0 Å². The number of fused-ring (bicyclic) bond motifs is 5. The second kappa shape index (κ2) is 6.17. The number of rotatable bonds is 2. The van der Waals surface area contributed by atoms with Gasteiger partial charge in [-0.15, -0.1) is 0 Å². The summed E-state index contributed by atoms with van der Waals surface area (Å²) in [6.45, 7) is 0. The fraction of sp³-hybridized carbons (Fsp3) is 0.150. The number of aryl methyl sites for hydroxylation is 1. The lowest BCUT2D eigenvalue weighted by molar-refractivity contribution is -0.642. The summed E-state index contributed by atoms with van der Waals surface area (Å²) in [5, 5.41) is 6.01. The van der Waals surface area contributed by atoms with Crippen LogP contribution in [0.5, 0.6) is 11.5 Å². The molecule has 0 bridgehead atoms. The van der Waals surface area contributed by atoms with Gasteiger partial charge in [-0.05, 0) is 29.7 Å². The molecular weight excluding hydrogens is 322 g/mol. The van der Waals surface area contributed by atoms with Gasteiger partial charge in [-0.3, -0.25) is 0 Å². The molecule has 0 saturated carbocycles. The Morgan fingerprint density at radius 2 is 1.46 bits per heavy atom. The van der Waals surface area contributed by atoms with Gasteiger partial charge in [0.15, 0.2) is 17.7 Å². The highest BCUT2D eigenvalue weighted by Crippen LogP contribution is 2.35. The van der Waals surface area contributed by atoms with Gasteiger partial charge in [0.2, 0.25) is 5.52 Å². The first kappa shape index (κ1) is 16.3. The fourth-order valence-electron chi connectivity index (χ4n) is 3.36. The number of halogens is 1. The quantitative estimate of drug-likeness (QED) is 0.401. The van der Waals surface area contributed by atoms with E-state index >= 15 is 0 Å². The molecule has 122 valence electrons. The van der Waals surface area contributed by atoms with Crippen LogP contribution in [0, 0.1) is 0 Å². The molecule has 4 aromatic rings. The Kier molecular flexibility index (Phi) is 4.20. The number of ether oxygens (including phenoxy) is 2. The Balaban J connectivity index is 0.00000169. The highest BCUT2D eigenvalue weighted by molar-refractivity contribution is 6.13. The number of methoxy groups -OCH3 is 2. The molecule has 0 N–H and O–H groups in total. The predicted octanol–water partition coefficient (Wildman–Crippen LogP) is 0.992. The maximum absolute atomic E-state index is 5.48. The van der Waals surface area contributed by atoms with E-state index in [0.717, 1.165) is 16.9 Å². The van der Waals surface area contributed by atoms with Crippen molar-refractivity contribution in [2.24, 2.45) is 7.05 Å². The number of nitrogens with zero attached hydrogens (tertiary/aromatic N) is 1. The van der Waals surface area contributed by atoms with E-state index in [4.69, 9.17) is 9.47 Å². The summed E-state index contributed by atoms with van der Waals surface area (Å²) < 4.78 is 13.1. The van der Waals surface area contributed by atoms with Crippen molar-refractivity contribution in [3.05, 3.63) is 54.7 Å². The van der Waals surface area contributed by atoms with Gasteiger partial charge >= 0.3 is 0 Å². The zero-order valence-electron chi connectivity index (χ0n) is 13.8. The average molecular weight is 340 g/mol. The maximum Gasteiger partial charge on any atom is 0.220 e. The fourth-order valence-corrected chi connectivity index (χ4v) is 3.36. The number of benzene rings is 3. The summed E-state index contributed by atoms with van der Waals surface area (Å²) in [6, 6.07) is 16.9. The number of hydrogen-bond acceptors (Lipinski definition) is 2. The molecule has 24 heavy (non-hydrogen) atoms. The van der Waals surface area contributed by atoms with E-state index < -0.39 is 0 Å². The SMILES string of the molecule is COc1cc2c[n+](C)c3c4ccccc4ccc3c2cc1OC.[Cl-]. The van der Waals surface area contributed by atoms with Gasteiger partial charge in [0.05, 0.1) is 30.4 Å². The molecule has 0 aliphatic carbocycles. The topological polar surface area (TPSA) is 22.3 Å². The lowest BCUT2D eigenvalue weighted by Crippen LogP contribution is -3.00. The van der Waals surface area contributed by atoms with Crippen LogP contribution in [-0.4, -0.2) is 14.2 Å². The van der Waals surface area contributed by atoms with E-state index in [0.29, 0.717) is 0 Å². The highest BCUT2D eigenvalue weighted by atomic mass is 35.5. The van der Waals surface area contributed by atoms with E-state index in [-0.39, 0.29) is 12.4 Å². The standard InChI is InChI=1S/C20H18NO2.ClH/c1-21-12-14-10-18(22-2)19(23-3)11-17(14)16-9-8-13-6-4-5-7-15(13)20(16)21;/h4-12H,1-3H3;1H/q+1;/p-1. The van der Waals surface area contributed by atoms with E-state index in [1.807, 2.05) is 6.07 Å². The third kappa shape index (κ3) is 2.33. The molecular formula is C20H18ClNO2. The third-order valence-corrected chi connectivity index (χ3v) is 4.43. The molecule has 3 aromatic carbocycles.